The number of hydrogen-bond acceptors (Lipinski definition) is 6. The summed E-state index contributed by atoms with van der Waals surface area (Å²) >= 11 is 0. The molecule has 0 unspecified atom stereocenters. The molecule has 2 rings (SSSR count). The van der Waals surface area contributed by atoms with Crippen molar-refractivity contribution in [3.63, 3.8) is 0 Å². The third-order valence-corrected chi connectivity index (χ3v) is 3.66. The van der Waals surface area contributed by atoms with Gasteiger partial charge in [0.05, 0.1) is 31.3 Å². The average Bonchev–Trinajstić information content (AvgIpc) is 2.65. The zero-order valence-corrected chi connectivity index (χ0v) is 14.7. The molecule has 136 valence electrons. The Bertz CT molecular complexity index is 831. The van der Waals surface area contributed by atoms with Crippen LogP contribution in [0.15, 0.2) is 47.6 Å². The van der Waals surface area contributed by atoms with E-state index in [2.05, 4.69) is 10.5 Å². The SMILES string of the molecule is COc1ccc(/C(C)=N\NC(=O)Cc2ccc([N+](=O)[O-])cc2)c(OC)c1. The highest BCUT2D eigenvalue weighted by molar-refractivity contribution is 6.01. The van der Waals surface area contributed by atoms with Gasteiger partial charge in [0.25, 0.3) is 5.69 Å². The number of nitro benzene ring substituents is 1. The minimum absolute atomic E-state index is 0.0189. The number of amides is 1. The first-order valence-corrected chi connectivity index (χ1v) is 7.73. The van der Waals surface area contributed by atoms with Crippen LogP contribution in [-0.4, -0.2) is 30.8 Å². The monoisotopic (exact) mass is 357 g/mol. The van der Waals surface area contributed by atoms with Crippen molar-refractivity contribution < 1.29 is 19.2 Å². The molecule has 1 amide bonds. The molecular formula is C18H19N3O5. The van der Waals surface area contributed by atoms with Crippen molar-refractivity contribution in [2.24, 2.45) is 5.10 Å². The first-order chi connectivity index (χ1) is 12.4. The van der Waals surface area contributed by atoms with E-state index in [1.54, 1.807) is 51.5 Å². The fourth-order valence-electron chi connectivity index (χ4n) is 2.26. The summed E-state index contributed by atoms with van der Waals surface area (Å²) in [5, 5.41) is 14.7. The van der Waals surface area contributed by atoms with Crippen LogP contribution in [-0.2, 0) is 11.2 Å². The molecule has 8 heteroatoms. The van der Waals surface area contributed by atoms with Crippen LogP contribution in [0.5, 0.6) is 11.5 Å². The Morgan fingerprint density at radius 2 is 1.85 bits per heavy atom. The lowest BCUT2D eigenvalue weighted by Crippen LogP contribution is -2.21. The van der Waals surface area contributed by atoms with Crippen molar-refractivity contribution >= 4 is 17.3 Å². The van der Waals surface area contributed by atoms with Gasteiger partial charge < -0.3 is 9.47 Å². The van der Waals surface area contributed by atoms with Gasteiger partial charge in [-0.15, -0.1) is 0 Å². The third-order valence-electron chi connectivity index (χ3n) is 3.66. The Morgan fingerprint density at radius 1 is 1.15 bits per heavy atom. The number of non-ortho nitro benzene ring substituents is 1. The second-order valence-corrected chi connectivity index (χ2v) is 5.40. The number of hydrazone groups is 1. The van der Waals surface area contributed by atoms with Crippen LogP contribution in [0, 0.1) is 10.1 Å². The Morgan fingerprint density at radius 3 is 2.42 bits per heavy atom. The van der Waals surface area contributed by atoms with Gasteiger partial charge in [-0.2, -0.15) is 5.10 Å². The van der Waals surface area contributed by atoms with E-state index in [1.165, 1.54) is 12.1 Å². The maximum atomic E-state index is 12.0. The molecule has 0 spiro atoms. The van der Waals surface area contributed by atoms with Crippen LogP contribution in [0.25, 0.3) is 0 Å². The zero-order valence-electron chi connectivity index (χ0n) is 14.7. The molecule has 0 heterocycles. The van der Waals surface area contributed by atoms with Crippen LogP contribution in [0.4, 0.5) is 5.69 Å². The minimum atomic E-state index is -0.486. The maximum absolute atomic E-state index is 12.0. The van der Waals surface area contributed by atoms with Crippen molar-refractivity contribution in [1.82, 2.24) is 5.43 Å². The summed E-state index contributed by atoms with van der Waals surface area (Å²) in [6.45, 7) is 1.75. The molecule has 0 aliphatic rings. The zero-order chi connectivity index (χ0) is 19.1. The standard InChI is InChI=1S/C18H19N3O5/c1-12(16-9-8-15(25-2)11-17(16)26-3)19-20-18(22)10-13-4-6-14(7-5-13)21(23)24/h4-9,11H,10H2,1-3H3,(H,20,22)/b19-12-. The lowest BCUT2D eigenvalue weighted by molar-refractivity contribution is -0.384. The van der Waals surface area contributed by atoms with Crippen molar-refractivity contribution in [2.75, 3.05) is 14.2 Å². The predicted octanol–water partition coefficient (Wildman–Crippen LogP) is 2.69. The maximum Gasteiger partial charge on any atom is 0.269 e. The van der Waals surface area contributed by atoms with Crippen LogP contribution >= 0.6 is 0 Å². The van der Waals surface area contributed by atoms with E-state index in [0.29, 0.717) is 22.8 Å². The van der Waals surface area contributed by atoms with Gasteiger partial charge in [0.2, 0.25) is 5.91 Å². The van der Waals surface area contributed by atoms with E-state index in [-0.39, 0.29) is 18.0 Å². The topological polar surface area (TPSA) is 103 Å². The molecule has 1 N–H and O–H groups in total. The molecule has 0 radical (unpaired) electrons. The van der Waals surface area contributed by atoms with Gasteiger partial charge in [-0.25, -0.2) is 5.43 Å². The van der Waals surface area contributed by atoms with Gasteiger partial charge >= 0.3 is 0 Å². The number of rotatable bonds is 7. The number of ether oxygens (including phenoxy) is 2. The molecule has 26 heavy (non-hydrogen) atoms. The highest BCUT2D eigenvalue weighted by atomic mass is 16.6. The van der Waals surface area contributed by atoms with Gasteiger partial charge in [0.15, 0.2) is 0 Å². The Hall–Kier alpha value is -3.42. The normalized spacial score (nSPS) is 11.0. The molecule has 0 aromatic heterocycles. The van der Waals surface area contributed by atoms with E-state index in [9.17, 15) is 14.9 Å². The van der Waals surface area contributed by atoms with Crippen LogP contribution in [0.1, 0.15) is 18.1 Å². The number of carbonyl (C=O) groups is 1. The van der Waals surface area contributed by atoms with Gasteiger partial charge in [0, 0.05) is 23.8 Å². The molecule has 2 aromatic carbocycles. The number of carbonyl (C=O) groups excluding carboxylic acids is 1. The summed E-state index contributed by atoms with van der Waals surface area (Å²) < 4.78 is 10.5. The molecule has 0 saturated heterocycles. The second kappa shape index (κ2) is 8.61. The van der Waals surface area contributed by atoms with Crippen LogP contribution in [0.2, 0.25) is 0 Å². The second-order valence-electron chi connectivity index (χ2n) is 5.40. The number of nitrogens with one attached hydrogen (secondary N) is 1. The Labute approximate surface area is 150 Å². The van der Waals surface area contributed by atoms with Crippen LogP contribution in [0.3, 0.4) is 0 Å². The Balaban J connectivity index is 2.04. The number of nitro groups is 1. The quantitative estimate of drug-likeness (QED) is 0.466. The highest BCUT2D eigenvalue weighted by Gasteiger charge is 2.10. The van der Waals surface area contributed by atoms with Crippen molar-refractivity contribution in [3.8, 4) is 11.5 Å². The molecular weight excluding hydrogens is 338 g/mol. The van der Waals surface area contributed by atoms with Crippen molar-refractivity contribution in [3.05, 3.63) is 63.7 Å². The van der Waals surface area contributed by atoms with E-state index < -0.39 is 4.92 Å². The number of methoxy groups -OCH3 is 2. The largest absolute Gasteiger partial charge is 0.497 e. The van der Waals surface area contributed by atoms with Gasteiger partial charge in [-0.1, -0.05) is 12.1 Å². The molecule has 0 aliphatic carbocycles. The average molecular weight is 357 g/mol. The molecule has 0 atom stereocenters. The third kappa shape index (κ3) is 4.79. The summed E-state index contributed by atoms with van der Waals surface area (Å²) in [5.41, 5.74) is 4.41. The first-order valence-electron chi connectivity index (χ1n) is 7.73. The summed E-state index contributed by atoms with van der Waals surface area (Å²) in [4.78, 5) is 22.2. The summed E-state index contributed by atoms with van der Waals surface area (Å²) in [5.74, 6) is 0.904. The number of hydrogen-bond donors (Lipinski definition) is 1. The van der Waals surface area contributed by atoms with Crippen LogP contribution < -0.4 is 14.9 Å². The van der Waals surface area contributed by atoms with E-state index in [0.717, 1.165) is 5.56 Å². The Kier molecular flexibility index (Phi) is 6.26. The lowest BCUT2D eigenvalue weighted by atomic mass is 10.1. The van der Waals surface area contributed by atoms with Crippen molar-refractivity contribution in [1.29, 1.82) is 0 Å². The van der Waals surface area contributed by atoms with E-state index in [1.807, 2.05) is 0 Å². The summed E-state index contributed by atoms with van der Waals surface area (Å²) in [7, 11) is 3.10. The summed E-state index contributed by atoms with van der Waals surface area (Å²) in [6, 6.07) is 11.1. The number of nitrogens with zero attached hydrogens (tertiary/aromatic N) is 2. The molecule has 0 fully saturated rings. The van der Waals surface area contributed by atoms with Gasteiger partial charge in [-0.05, 0) is 24.6 Å². The smallest absolute Gasteiger partial charge is 0.269 e. The molecule has 0 bridgehead atoms. The van der Waals surface area contributed by atoms with E-state index >= 15 is 0 Å². The van der Waals surface area contributed by atoms with Gasteiger partial charge in [-0.3, -0.25) is 14.9 Å². The fourth-order valence-corrected chi connectivity index (χ4v) is 2.26. The molecule has 0 saturated carbocycles. The predicted molar refractivity (Wildman–Crippen MR) is 96.7 cm³/mol. The number of benzene rings is 2. The first kappa shape index (κ1) is 18.9. The highest BCUT2D eigenvalue weighted by Crippen LogP contribution is 2.25. The molecule has 2 aromatic rings. The molecule has 8 nitrogen and oxygen atoms in total. The molecule has 0 aliphatic heterocycles. The lowest BCUT2D eigenvalue weighted by Gasteiger charge is -2.10. The minimum Gasteiger partial charge on any atom is -0.497 e. The fraction of sp³-hybridized carbons (Fsp3) is 0.222. The van der Waals surface area contributed by atoms with E-state index in [4.69, 9.17) is 9.47 Å². The van der Waals surface area contributed by atoms with Gasteiger partial charge in [0.1, 0.15) is 11.5 Å². The van der Waals surface area contributed by atoms with Crippen molar-refractivity contribution in [2.45, 2.75) is 13.3 Å². The summed E-state index contributed by atoms with van der Waals surface area (Å²) in [6.07, 6.45) is 0.0640.